The Bertz CT molecular complexity index is 1460. The van der Waals surface area contributed by atoms with Crippen LogP contribution in [0.5, 0.6) is 0 Å². The van der Waals surface area contributed by atoms with Crippen LogP contribution in [-0.4, -0.2) is 0 Å². The summed E-state index contributed by atoms with van der Waals surface area (Å²) in [5.41, 5.74) is 14.6. The highest BCUT2D eigenvalue weighted by Gasteiger charge is 2.14. The lowest BCUT2D eigenvalue weighted by Gasteiger charge is -2.19. The van der Waals surface area contributed by atoms with E-state index in [1.165, 1.54) is 61.2 Å². The predicted molar refractivity (Wildman–Crippen MR) is 178 cm³/mol. The van der Waals surface area contributed by atoms with Crippen molar-refractivity contribution < 1.29 is 0 Å². The molecule has 0 amide bonds. The highest BCUT2D eigenvalue weighted by molar-refractivity contribution is 5.73. The van der Waals surface area contributed by atoms with Crippen LogP contribution < -0.4 is 0 Å². The normalized spacial score (nSPS) is 12.7. The second kappa shape index (κ2) is 11.8. The van der Waals surface area contributed by atoms with E-state index in [0.29, 0.717) is 0 Å². The van der Waals surface area contributed by atoms with Crippen LogP contribution in [0.2, 0.25) is 0 Å². The zero-order valence-electron chi connectivity index (χ0n) is 25.9. The molecule has 0 aliphatic heterocycles. The fourth-order valence-corrected chi connectivity index (χ4v) is 5.05. The molecule has 4 rings (SSSR count). The molecule has 0 spiro atoms. The molecule has 4 aromatic carbocycles. The van der Waals surface area contributed by atoms with Crippen LogP contribution >= 0.6 is 0 Å². The standard InChI is InChI=1S/C40H46/c1-28(30(3)32-14-18-34(19-15-32)36-22-26-38(27-23-36)40(7,8)9)10-11-29(2)31-12-16-33(17-13-31)35-20-24-37(25-21-35)39(4,5)6/h12-27H,2,10-11H2,1,3-9H3/b30-28-. The Hall–Kier alpha value is -3.64. The Labute approximate surface area is 243 Å². The summed E-state index contributed by atoms with van der Waals surface area (Å²) in [6.45, 7) is 22.4. The molecule has 0 aliphatic rings. The Morgan fingerprint density at radius 1 is 0.475 bits per heavy atom. The third-order valence-electron chi connectivity index (χ3n) is 8.22. The van der Waals surface area contributed by atoms with E-state index in [9.17, 15) is 0 Å². The number of rotatable bonds is 7. The van der Waals surface area contributed by atoms with E-state index in [1.807, 2.05) is 0 Å². The summed E-state index contributed by atoms with van der Waals surface area (Å²) in [5, 5.41) is 0. The Morgan fingerprint density at radius 2 is 0.800 bits per heavy atom. The molecule has 206 valence electrons. The molecular weight excluding hydrogens is 480 g/mol. The first kappa shape index (κ1) is 29.3. The molecule has 0 aliphatic carbocycles. The maximum atomic E-state index is 4.41. The molecular formula is C40H46. The van der Waals surface area contributed by atoms with Gasteiger partial charge in [-0.1, -0.05) is 151 Å². The van der Waals surface area contributed by atoms with Crippen molar-refractivity contribution in [3.8, 4) is 22.3 Å². The monoisotopic (exact) mass is 526 g/mol. The van der Waals surface area contributed by atoms with E-state index < -0.39 is 0 Å². The van der Waals surface area contributed by atoms with Crippen molar-refractivity contribution in [3.05, 3.63) is 131 Å². The maximum Gasteiger partial charge on any atom is -0.0132 e. The van der Waals surface area contributed by atoms with Crippen molar-refractivity contribution in [2.24, 2.45) is 0 Å². The van der Waals surface area contributed by atoms with Crippen LogP contribution in [0.3, 0.4) is 0 Å². The largest absolute Gasteiger partial charge is 0.0952 e. The summed E-state index contributed by atoms with van der Waals surface area (Å²) in [6, 6.07) is 35.8. The smallest absolute Gasteiger partial charge is 0.0132 e. The van der Waals surface area contributed by atoms with Crippen molar-refractivity contribution in [3.63, 3.8) is 0 Å². The second-order valence-electron chi connectivity index (χ2n) is 13.3. The van der Waals surface area contributed by atoms with Gasteiger partial charge in [-0.3, -0.25) is 0 Å². The molecule has 0 heteroatoms. The van der Waals surface area contributed by atoms with Gasteiger partial charge in [-0.15, -0.1) is 0 Å². The van der Waals surface area contributed by atoms with Gasteiger partial charge in [0.05, 0.1) is 0 Å². The predicted octanol–water partition coefficient (Wildman–Crippen LogP) is 11.9. The van der Waals surface area contributed by atoms with Crippen LogP contribution in [0.15, 0.2) is 109 Å². The molecule has 0 saturated carbocycles. The summed E-state index contributed by atoms with van der Waals surface area (Å²) in [5.74, 6) is 0. The molecule has 0 unspecified atom stereocenters. The van der Waals surface area contributed by atoms with Gasteiger partial charge in [0.15, 0.2) is 0 Å². The zero-order chi connectivity index (χ0) is 29.1. The molecule has 0 nitrogen and oxygen atoms in total. The van der Waals surface area contributed by atoms with Crippen molar-refractivity contribution in [1.82, 2.24) is 0 Å². The molecule has 0 bridgehead atoms. The van der Waals surface area contributed by atoms with Gasteiger partial charge in [-0.25, -0.2) is 0 Å². The summed E-state index contributed by atoms with van der Waals surface area (Å²) >= 11 is 0. The maximum absolute atomic E-state index is 4.41. The second-order valence-corrected chi connectivity index (χ2v) is 13.3. The number of allylic oxidation sites excluding steroid dienone is 3. The highest BCUT2D eigenvalue weighted by Crippen LogP contribution is 2.31. The van der Waals surface area contributed by atoms with Gasteiger partial charge in [-0.05, 0) is 93.2 Å². The number of hydrogen-bond donors (Lipinski definition) is 0. The van der Waals surface area contributed by atoms with E-state index in [1.54, 1.807) is 0 Å². The molecule has 0 saturated heterocycles. The third kappa shape index (κ3) is 7.11. The minimum atomic E-state index is 0.174. The first-order valence-corrected chi connectivity index (χ1v) is 14.6. The third-order valence-corrected chi connectivity index (χ3v) is 8.22. The zero-order valence-corrected chi connectivity index (χ0v) is 25.9. The lowest BCUT2D eigenvalue weighted by atomic mass is 9.86. The van der Waals surface area contributed by atoms with E-state index in [0.717, 1.165) is 12.8 Å². The molecule has 0 aromatic heterocycles. The highest BCUT2D eigenvalue weighted by atomic mass is 14.2. The van der Waals surface area contributed by atoms with Gasteiger partial charge in [-0.2, -0.15) is 0 Å². The van der Waals surface area contributed by atoms with Gasteiger partial charge < -0.3 is 0 Å². The van der Waals surface area contributed by atoms with E-state index in [-0.39, 0.29) is 10.8 Å². The first-order chi connectivity index (χ1) is 18.8. The lowest BCUT2D eigenvalue weighted by molar-refractivity contribution is 0.590. The number of hydrogen-bond acceptors (Lipinski definition) is 0. The molecule has 0 atom stereocenters. The topological polar surface area (TPSA) is 0 Å². The Balaban J connectivity index is 1.37. The van der Waals surface area contributed by atoms with Gasteiger partial charge in [0, 0.05) is 0 Å². The van der Waals surface area contributed by atoms with Crippen LogP contribution in [0.25, 0.3) is 33.4 Å². The summed E-state index contributed by atoms with van der Waals surface area (Å²) in [4.78, 5) is 0. The Kier molecular flexibility index (Phi) is 8.69. The van der Waals surface area contributed by atoms with Gasteiger partial charge in [0.25, 0.3) is 0 Å². The van der Waals surface area contributed by atoms with Gasteiger partial charge in [0.1, 0.15) is 0 Å². The molecule has 4 aromatic rings. The molecule has 0 radical (unpaired) electrons. The minimum absolute atomic E-state index is 0.174. The summed E-state index contributed by atoms with van der Waals surface area (Å²) in [6.07, 6.45) is 1.97. The SMILES string of the molecule is C=C(CC/C(C)=C(/C)c1ccc(-c2ccc(C(C)(C)C)cc2)cc1)c1ccc(-c2ccc(C(C)(C)C)cc2)cc1. The average molecular weight is 527 g/mol. The molecule has 0 N–H and O–H groups in total. The average Bonchev–Trinajstić information content (AvgIpc) is 2.94. The van der Waals surface area contributed by atoms with Crippen molar-refractivity contribution in [2.75, 3.05) is 0 Å². The minimum Gasteiger partial charge on any atom is -0.0952 e. The van der Waals surface area contributed by atoms with Crippen LogP contribution in [0.1, 0.15) is 90.5 Å². The number of benzene rings is 4. The van der Waals surface area contributed by atoms with E-state index in [4.69, 9.17) is 0 Å². The Morgan fingerprint density at radius 3 is 1.15 bits per heavy atom. The molecule has 40 heavy (non-hydrogen) atoms. The fourth-order valence-electron chi connectivity index (χ4n) is 5.05. The summed E-state index contributed by atoms with van der Waals surface area (Å²) in [7, 11) is 0. The fraction of sp³-hybridized carbons (Fsp3) is 0.300. The molecule has 0 heterocycles. The van der Waals surface area contributed by atoms with E-state index >= 15 is 0 Å². The van der Waals surface area contributed by atoms with E-state index in [2.05, 4.69) is 159 Å². The quantitative estimate of drug-likeness (QED) is 0.225. The van der Waals surface area contributed by atoms with Crippen molar-refractivity contribution in [2.45, 2.75) is 79.1 Å². The van der Waals surface area contributed by atoms with Crippen LogP contribution in [0, 0.1) is 0 Å². The summed E-state index contributed by atoms with van der Waals surface area (Å²) < 4.78 is 0. The lowest BCUT2D eigenvalue weighted by Crippen LogP contribution is -2.10. The molecule has 0 fully saturated rings. The van der Waals surface area contributed by atoms with Crippen molar-refractivity contribution >= 4 is 11.1 Å². The van der Waals surface area contributed by atoms with Crippen molar-refractivity contribution in [1.29, 1.82) is 0 Å². The van der Waals surface area contributed by atoms with Crippen LogP contribution in [-0.2, 0) is 10.8 Å². The first-order valence-electron chi connectivity index (χ1n) is 14.6. The van der Waals surface area contributed by atoms with Gasteiger partial charge in [0.2, 0.25) is 0 Å². The van der Waals surface area contributed by atoms with Crippen LogP contribution in [0.4, 0.5) is 0 Å². The van der Waals surface area contributed by atoms with Gasteiger partial charge >= 0.3 is 0 Å².